The first-order chi connectivity index (χ1) is 14.2. The second kappa shape index (κ2) is 8.69. The Hall–Kier alpha value is -3.81. The van der Waals surface area contributed by atoms with Gasteiger partial charge in [0.2, 0.25) is 0 Å². The van der Waals surface area contributed by atoms with Crippen LogP contribution in [0, 0.1) is 0 Å². The molecule has 3 aromatic carbocycles. The fraction of sp³-hybridized carbons (Fsp3) is 0.0909. The number of carbonyl (C=O) groups is 2. The van der Waals surface area contributed by atoms with Crippen LogP contribution in [-0.2, 0) is 16.1 Å². The van der Waals surface area contributed by atoms with E-state index in [1.165, 1.54) is 24.3 Å². The molecule has 5 nitrogen and oxygen atoms in total. The van der Waals surface area contributed by atoms with Crippen molar-refractivity contribution in [3.05, 3.63) is 84.4 Å². The number of amides is 1. The fourth-order valence-electron chi connectivity index (χ4n) is 2.84. The molecular weight excluding hydrogens is 399 g/mol. The van der Waals surface area contributed by atoms with Crippen molar-refractivity contribution in [2.24, 2.45) is 0 Å². The van der Waals surface area contributed by atoms with E-state index >= 15 is 0 Å². The van der Waals surface area contributed by atoms with E-state index in [-0.39, 0.29) is 12.3 Å². The number of aliphatic carboxylic acids is 1. The average Bonchev–Trinajstić information content (AvgIpc) is 2.72. The van der Waals surface area contributed by atoms with Crippen LogP contribution in [0.4, 0.5) is 18.9 Å². The number of carbonyl (C=O) groups excluding carboxylic acids is 1. The summed E-state index contributed by atoms with van der Waals surface area (Å²) in [6.07, 6.45) is -4.76. The molecule has 8 heteroatoms. The summed E-state index contributed by atoms with van der Waals surface area (Å²) in [7, 11) is 0. The van der Waals surface area contributed by atoms with E-state index in [0.29, 0.717) is 16.8 Å². The van der Waals surface area contributed by atoms with E-state index < -0.39 is 18.2 Å². The number of benzene rings is 3. The number of halogens is 3. The van der Waals surface area contributed by atoms with Gasteiger partial charge >= 0.3 is 18.2 Å². The molecule has 0 atom stereocenters. The first-order valence-electron chi connectivity index (χ1n) is 8.78. The van der Waals surface area contributed by atoms with Crippen LogP contribution in [0.5, 0.6) is 5.75 Å². The van der Waals surface area contributed by atoms with Crippen molar-refractivity contribution >= 4 is 17.6 Å². The lowest BCUT2D eigenvalue weighted by Gasteiger charge is -2.21. The molecule has 3 rings (SSSR count). The number of carboxylic acids is 1. The third-order valence-electron chi connectivity index (χ3n) is 4.21. The lowest BCUT2D eigenvalue weighted by atomic mass is 10.0. The Kier molecular flexibility index (Phi) is 6.06. The van der Waals surface area contributed by atoms with Crippen molar-refractivity contribution in [3.8, 4) is 16.9 Å². The van der Waals surface area contributed by atoms with Gasteiger partial charge in [0.25, 0.3) is 0 Å². The summed E-state index contributed by atoms with van der Waals surface area (Å²) in [5, 5.41) is 9.15. The third kappa shape index (κ3) is 5.38. The van der Waals surface area contributed by atoms with Crippen molar-refractivity contribution < 1.29 is 32.6 Å². The SMILES string of the molecule is O=C(O)C(=O)N(Cc1ccccc1)c1ccc(-c2ccc(OC(F)(F)F)cc2)cc1. The number of nitrogens with zero attached hydrogens (tertiary/aromatic N) is 1. The average molecular weight is 415 g/mol. The molecule has 0 spiro atoms. The molecule has 0 fully saturated rings. The quantitative estimate of drug-likeness (QED) is 0.604. The number of carboxylic acid groups (broad SMARTS) is 1. The van der Waals surface area contributed by atoms with Crippen LogP contribution in [0.1, 0.15) is 5.56 Å². The second-order valence-corrected chi connectivity index (χ2v) is 6.30. The highest BCUT2D eigenvalue weighted by Crippen LogP contribution is 2.28. The number of rotatable bonds is 5. The Morgan fingerprint density at radius 2 is 1.37 bits per heavy atom. The van der Waals surface area contributed by atoms with Crippen LogP contribution in [0.3, 0.4) is 0 Å². The van der Waals surface area contributed by atoms with Gasteiger partial charge in [0.1, 0.15) is 5.75 Å². The van der Waals surface area contributed by atoms with Crippen LogP contribution in [0.2, 0.25) is 0 Å². The molecule has 0 radical (unpaired) electrons. The lowest BCUT2D eigenvalue weighted by molar-refractivity contribution is -0.274. The predicted octanol–water partition coefficient (Wildman–Crippen LogP) is 4.87. The molecule has 0 aliphatic heterocycles. The zero-order valence-corrected chi connectivity index (χ0v) is 15.5. The molecule has 0 aliphatic rings. The number of alkyl halides is 3. The van der Waals surface area contributed by atoms with Crippen LogP contribution in [0.15, 0.2) is 78.9 Å². The van der Waals surface area contributed by atoms with E-state index in [4.69, 9.17) is 5.11 Å². The Balaban J connectivity index is 1.82. The van der Waals surface area contributed by atoms with Gasteiger partial charge < -0.3 is 9.84 Å². The highest BCUT2D eigenvalue weighted by atomic mass is 19.4. The molecule has 154 valence electrons. The Morgan fingerprint density at radius 3 is 1.87 bits per heavy atom. The molecule has 0 heterocycles. The summed E-state index contributed by atoms with van der Waals surface area (Å²) in [6.45, 7) is 0.0782. The standard InChI is InChI=1S/C22H16F3NO4/c23-22(24,25)30-19-12-8-17(9-13-19)16-6-10-18(11-7-16)26(20(27)21(28)29)14-15-4-2-1-3-5-15/h1-13H,14H2,(H,28,29). The molecule has 1 N–H and O–H groups in total. The maximum Gasteiger partial charge on any atom is 0.573 e. The topological polar surface area (TPSA) is 66.8 Å². The number of ether oxygens (including phenoxy) is 1. The van der Waals surface area contributed by atoms with Crippen LogP contribution in [0.25, 0.3) is 11.1 Å². The molecule has 0 unspecified atom stereocenters. The smallest absolute Gasteiger partial charge is 0.474 e. The van der Waals surface area contributed by atoms with Gasteiger partial charge in [-0.1, -0.05) is 54.6 Å². The van der Waals surface area contributed by atoms with Gasteiger partial charge in [0, 0.05) is 5.69 Å². The van der Waals surface area contributed by atoms with Gasteiger partial charge in [-0.25, -0.2) is 4.79 Å². The molecule has 3 aromatic rings. The second-order valence-electron chi connectivity index (χ2n) is 6.30. The van der Waals surface area contributed by atoms with Gasteiger partial charge in [-0.15, -0.1) is 13.2 Å². The zero-order chi connectivity index (χ0) is 21.7. The molecule has 0 aromatic heterocycles. The van der Waals surface area contributed by atoms with E-state index in [9.17, 15) is 22.8 Å². The molecule has 30 heavy (non-hydrogen) atoms. The summed E-state index contributed by atoms with van der Waals surface area (Å²) in [5.74, 6) is -2.97. The van der Waals surface area contributed by atoms with Crippen LogP contribution in [-0.4, -0.2) is 23.3 Å². The molecule has 1 amide bonds. The van der Waals surface area contributed by atoms with Gasteiger partial charge in [-0.05, 0) is 41.0 Å². The van der Waals surface area contributed by atoms with Gasteiger partial charge in [0.05, 0.1) is 6.54 Å². The van der Waals surface area contributed by atoms with Crippen LogP contribution >= 0.6 is 0 Å². The largest absolute Gasteiger partial charge is 0.573 e. The first-order valence-corrected chi connectivity index (χ1v) is 8.78. The lowest BCUT2D eigenvalue weighted by Crippen LogP contribution is -2.36. The minimum atomic E-state index is -4.76. The maximum absolute atomic E-state index is 12.3. The van der Waals surface area contributed by atoms with Crippen molar-refractivity contribution in [1.29, 1.82) is 0 Å². The van der Waals surface area contributed by atoms with Gasteiger partial charge in [-0.2, -0.15) is 0 Å². The number of hydrogen-bond donors (Lipinski definition) is 1. The van der Waals surface area contributed by atoms with Gasteiger partial charge in [0.15, 0.2) is 0 Å². The minimum Gasteiger partial charge on any atom is -0.474 e. The minimum absolute atomic E-state index is 0.0782. The van der Waals surface area contributed by atoms with E-state index in [1.54, 1.807) is 48.5 Å². The highest BCUT2D eigenvalue weighted by Gasteiger charge is 2.31. The van der Waals surface area contributed by atoms with Crippen molar-refractivity contribution in [1.82, 2.24) is 0 Å². The summed E-state index contributed by atoms with van der Waals surface area (Å²) >= 11 is 0. The van der Waals surface area contributed by atoms with E-state index in [0.717, 1.165) is 10.5 Å². The van der Waals surface area contributed by atoms with Crippen molar-refractivity contribution in [2.45, 2.75) is 12.9 Å². The van der Waals surface area contributed by atoms with E-state index in [1.807, 2.05) is 6.07 Å². The highest BCUT2D eigenvalue weighted by molar-refractivity contribution is 6.37. The monoisotopic (exact) mass is 415 g/mol. The van der Waals surface area contributed by atoms with E-state index in [2.05, 4.69) is 4.74 Å². The van der Waals surface area contributed by atoms with Crippen LogP contribution < -0.4 is 9.64 Å². The Labute approximate surface area is 169 Å². The third-order valence-corrected chi connectivity index (χ3v) is 4.21. The Morgan fingerprint density at radius 1 is 0.833 bits per heavy atom. The molecular formula is C22H16F3NO4. The summed E-state index contributed by atoms with van der Waals surface area (Å²) in [5.41, 5.74) is 2.46. The fourth-order valence-corrected chi connectivity index (χ4v) is 2.84. The molecule has 0 bridgehead atoms. The molecule has 0 saturated carbocycles. The predicted molar refractivity (Wildman–Crippen MR) is 104 cm³/mol. The summed E-state index contributed by atoms with van der Waals surface area (Å²) in [4.78, 5) is 24.6. The maximum atomic E-state index is 12.3. The molecule has 0 aliphatic carbocycles. The van der Waals surface area contributed by atoms with Crippen molar-refractivity contribution in [3.63, 3.8) is 0 Å². The molecule has 0 saturated heterocycles. The van der Waals surface area contributed by atoms with Crippen molar-refractivity contribution in [2.75, 3.05) is 4.90 Å². The first kappa shape index (κ1) is 20.9. The number of anilines is 1. The summed E-state index contributed by atoms with van der Waals surface area (Å²) < 4.78 is 40.6. The zero-order valence-electron chi connectivity index (χ0n) is 15.5. The normalized spacial score (nSPS) is 11.0. The number of hydrogen-bond acceptors (Lipinski definition) is 3. The Bertz CT molecular complexity index is 1020. The van der Waals surface area contributed by atoms with Gasteiger partial charge in [-0.3, -0.25) is 9.69 Å². The summed E-state index contributed by atoms with van der Waals surface area (Å²) in [6, 6.07) is 20.8.